The first kappa shape index (κ1) is 16.2. The highest BCUT2D eigenvalue weighted by Gasteiger charge is 2.07. The lowest BCUT2D eigenvalue weighted by Crippen LogP contribution is -2.35. The Bertz CT molecular complexity index is 390. The third kappa shape index (κ3) is 6.73. The predicted octanol–water partition coefficient (Wildman–Crippen LogP) is 3.26. The van der Waals surface area contributed by atoms with Crippen molar-refractivity contribution >= 4 is 21.8 Å². The third-order valence-corrected chi connectivity index (χ3v) is 3.51. The number of rotatable bonds is 7. The molecule has 1 amide bonds. The van der Waals surface area contributed by atoms with Crippen LogP contribution in [0.2, 0.25) is 0 Å². The maximum absolute atomic E-state index is 11.6. The van der Waals surface area contributed by atoms with Crippen LogP contribution < -0.4 is 10.6 Å². The molecule has 0 unspecified atom stereocenters. The molecule has 2 N–H and O–H groups in total. The van der Waals surface area contributed by atoms with Crippen LogP contribution in [0.4, 0.5) is 0 Å². The SMILES string of the molecule is CC(C)CCNC(=O)CN[C@H](C)c1ccc(Br)cc1. The van der Waals surface area contributed by atoms with Crippen molar-refractivity contribution in [2.75, 3.05) is 13.1 Å². The molecule has 1 atom stereocenters. The van der Waals surface area contributed by atoms with Crippen LogP contribution in [0, 0.1) is 5.92 Å². The zero-order chi connectivity index (χ0) is 14.3. The maximum atomic E-state index is 11.6. The molecule has 0 aliphatic rings. The monoisotopic (exact) mass is 326 g/mol. The zero-order valence-corrected chi connectivity index (χ0v) is 13.5. The lowest BCUT2D eigenvalue weighted by atomic mass is 10.1. The van der Waals surface area contributed by atoms with E-state index < -0.39 is 0 Å². The van der Waals surface area contributed by atoms with Crippen molar-refractivity contribution in [3.8, 4) is 0 Å². The molecule has 1 rings (SSSR count). The van der Waals surface area contributed by atoms with Crippen molar-refractivity contribution in [1.82, 2.24) is 10.6 Å². The summed E-state index contributed by atoms with van der Waals surface area (Å²) in [4.78, 5) is 11.6. The van der Waals surface area contributed by atoms with Gasteiger partial charge in [-0.3, -0.25) is 4.79 Å². The van der Waals surface area contributed by atoms with E-state index in [0.717, 1.165) is 17.4 Å². The molecule has 3 nitrogen and oxygen atoms in total. The summed E-state index contributed by atoms with van der Waals surface area (Å²) >= 11 is 3.41. The second-order valence-corrected chi connectivity index (χ2v) is 6.10. The average molecular weight is 327 g/mol. The van der Waals surface area contributed by atoms with Crippen LogP contribution in [0.1, 0.15) is 38.8 Å². The van der Waals surface area contributed by atoms with Gasteiger partial charge in [-0.05, 0) is 37.0 Å². The molecule has 0 aromatic heterocycles. The second kappa shape index (κ2) is 8.33. The molecular formula is C15H23BrN2O. The van der Waals surface area contributed by atoms with E-state index in [1.807, 2.05) is 12.1 Å². The molecule has 1 aromatic carbocycles. The Labute approximate surface area is 124 Å². The first-order chi connectivity index (χ1) is 8.99. The molecular weight excluding hydrogens is 304 g/mol. The van der Waals surface area contributed by atoms with Crippen LogP contribution in [0.3, 0.4) is 0 Å². The van der Waals surface area contributed by atoms with Gasteiger partial charge in [-0.25, -0.2) is 0 Å². The van der Waals surface area contributed by atoms with Crippen LogP contribution >= 0.6 is 15.9 Å². The molecule has 19 heavy (non-hydrogen) atoms. The highest BCUT2D eigenvalue weighted by molar-refractivity contribution is 9.10. The first-order valence-electron chi connectivity index (χ1n) is 6.74. The van der Waals surface area contributed by atoms with E-state index in [4.69, 9.17) is 0 Å². The lowest BCUT2D eigenvalue weighted by Gasteiger charge is -2.14. The van der Waals surface area contributed by atoms with Crippen LogP contribution in [-0.4, -0.2) is 19.0 Å². The summed E-state index contributed by atoms with van der Waals surface area (Å²) < 4.78 is 1.06. The van der Waals surface area contributed by atoms with Gasteiger partial charge in [0.1, 0.15) is 0 Å². The summed E-state index contributed by atoms with van der Waals surface area (Å²) in [6, 6.07) is 8.30. The van der Waals surface area contributed by atoms with E-state index in [0.29, 0.717) is 12.5 Å². The van der Waals surface area contributed by atoms with Crippen molar-refractivity contribution in [2.24, 2.45) is 5.92 Å². The normalized spacial score (nSPS) is 12.5. The third-order valence-electron chi connectivity index (χ3n) is 2.98. The number of carbonyl (C=O) groups excluding carboxylic acids is 1. The topological polar surface area (TPSA) is 41.1 Å². The summed E-state index contributed by atoms with van der Waals surface area (Å²) in [5, 5.41) is 6.15. The number of benzene rings is 1. The minimum absolute atomic E-state index is 0.0598. The van der Waals surface area contributed by atoms with E-state index in [1.54, 1.807) is 0 Å². The van der Waals surface area contributed by atoms with Gasteiger partial charge in [0.05, 0.1) is 6.54 Å². The van der Waals surface area contributed by atoms with Gasteiger partial charge in [0.2, 0.25) is 5.91 Å². The van der Waals surface area contributed by atoms with Crippen LogP contribution in [-0.2, 0) is 4.79 Å². The van der Waals surface area contributed by atoms with Gasteiger partial charge in [0.15, 0.2) is 0 Å². The summed E-state index contributed by atoms with van der Waals surface area (Å²) in [6.07, 6.45) is 1.02. The molecule has 4 heteroatoms. The fraction of sp³-hybridized carbons (Fsp3) is 0.533. The molecule has 0 bridgehead atoms. The molecule has 0 saturated heterocycles. The van der Waals surface area contributed by atoms with Gasteiger partial charge in [-0.2, -0.15) is 0 Å². The molecule has 0 fully saturated rings. The maximum Gasteiger partial charge on any atom is 0.233 e. The Kier molecular flexibility index (Phi) is 7.10. The van der Waals surface area contributed by atoms with Crippen molar-refractivity contribution in [2.45, 2.75) is 33.2 Å². The van der Waals surface area contributed by atoms with Crippen LogP contribution in [0.5, 0.6) is 0 Å². The number of hydrogen-bond donors (Lipinski definition) is 2. The summed E-state index contributed by atoms with van der Waals surface area (Å²) in [6.45, 7) is 7.48. The van der Waals surface area contributed by atoms with Crippen molar-refractivity contribution in [3.63, 3.8) is 0 Å². The standard InChI is InChI=1S/C15H23BrN2O/c1-11(2)8-9-17-15(19)10-18-12(3)13-4-6-14(16)7-5-13/h4-7,11-12,18H,8-10H2,1-3H3,(H,17,19)/t12-/m1/s1. The molecule has 0 aliphatic carbocycles. The van der Waals surface area contributed by atoms with Gasteiger partial charge >= 0.3 is 0 Å². The summed E-state index contributed by atoms with van der Waals surface area (Å²) in [5.74, 6) is 0.680. The minimum Gasteiger partial charge on any atom is -0.355 e. The Morgan fingerprint density at radius 3 is 2.42 bits per heavy atom. The molecule has 106 valence electrons. The highest BCUT2D eigenvalue weighted by Crippen LogP contribution is 2.16. The Morgan fingerprint density at radius 1 is 1.21 bits per heavy atom. The van der Waals surface area contributed by atoms with E-state index in [1.165, 1.54) is 5.56 Å². The van der Waals surface area contributed by atoms with Crippen molar-refractivity contribution in [3.05, 3.63) is 34.3 Å². The van der Waals surface area contributed by atoms with Gasteiger partial charge < -0.3 is 10.6 Å². The fourth-order valence-electron chi connectivity index (χ4n) is 1.68. The first-order valence-corrected chi connectivity index (χ1v) is 7.54. The van der Waals surface area contributed by atoms with Crippen LogP contribution in [0.25, 0.3) is 0 Å². The van der Waals surface area contributed by atoms with Gasteiger partial charge in [-0.15, -0.1) is 0 Å². The Balaban J connectivity index is 2.27. The fourth-order valence-corrected chi connectivity index (χ4v) is 1.94. The molecule has 0 radical (unpaired) electrons. The van der Waals surface area contributed by atoms with E-state index in [9.17, 15) is 4.79 Å². The number of nitrogens with one attached hydrogen (secondary N) is 2. The quantitative estimate of drug-likeness (QED) is 0.807. The molecule has 0 saturated carbocycles. The Hall–Kier alpha value is -0.870. The van der Waals surface area contributed by atoms with E-state index in [2.05, 4.69) is 59.5 Å². The number of hydrogen-bond acceptors (Lipinski definition) is 2. The molecule has 0 heterocycles. The van der Waals surface area contributed by atoms with E-state index in [-0.39, 0.29) is 11.9 Å². The Morgan fingerprint density at radius 2 is 1.84 bits per heavy atom. The average Bonchev–Trinajstić information content (AvgIpc) is 2.36. The van der Waals surface area contributed by atoms with Gasteiger partial charge in [0.25, 0.3) is 0 Å². The number of carbonyl (C=O) groups is 1. The number of halogens is 1. The summed E-state index contributed by atoms with van der Waals surface area (Å²) in [5.41, 5.74) is 1.18. The van der Waals surface area contributed by atoms with Gasteiger partial charge in [-0.1, -0.05) is 41.9 Å². The smallest absolute Gasteiger partial charge is 0.233 e. The van der Waals surface area contributed by atoms with Crippen molar-refractivity contribution < 1.29 is 4.79 Å². The molecule has 0 aliphatic heterocycles. The highest BCUT2D eigenvalue weighted by atomic mass is 79.9. The summed E-state index contributed by atoms with van der Waals surface area (Å²) in [7, 11) is 0. The zero-order valence-electron chi connectivity index (χ0n) is 11.9. The van der Waals surface area contributed by atoms with Crippen molar-refractivity contribution in [1.29, 1.82) is 0 Å². The lowest BCUT2D eigenvalue weighted by molar-refractivity contribution is -0.120. The van der Waals surface area contributed by atoms with Crippen LogP contribution in [0.15, 0.2) is 28.7 Å². The van der Waals surface area contributed by atoms with Gasteiger partial charge in [0, 0.05) is 17.1 Å². The molecule has 0 spiro atoms. The molecule has 1 aromatic rings. The largest absolute Gasteiger partial charge is 0.355 e. The second-order valence-electron chi connectivity index (χ2n) is 5.19. The number of amides is 1. The minimum atomic E-state index is 0.0598. The predicted molar refractivity (Wildman–Crippen MR) is 83.0 cm³/mol. The van der Waals surface area contributed by atoms with E-state index >= 15 is 0 Å².